The van der Waals surface area contributed by atoms with Crippen molar-refractivity contribution < 1.29 is 14.3 Å². The van der Waals surface area contributed by atoms with E-state index in [0.29, 0.717) is 11.3 Å². The van der Waals surface area contributed by atoms with Gasteiger partial charge in [-0.05, 0) is 25.6 Å². The molecular formula is C15H20N2O3. The summed E-state index contributed by atoms with van der Waals surface area (Å²) in [6, 6.07) is 5.35. The summed E-state index contributed by atoms with van der Waals surface area (Å²) in [7, 11) is 2.04. The van der Waals surface area contributed by atoms with Crippen LogP contribution in [-0.2, 0) is 4.79 Å². The molecule has 0 saturated carbocycles. The first-order chi connectivity index (χ1) is 9.61. The van der Waals surface area contributed by atoms with Gasteiger partial charge in [-0.25, -0.2) is 0 Å². The summed E-state index contributed by atoms with van der Waals surface area (Å²) in [6.07, 6.45) is 0.753. The van der Waals surface area contributed by atoms with E-state index in [1.54, 1.807) is 17.0 Å². The number of amides is 1. The number of aldehydes is 1. The minimum absolute atomic E-state index is 0.0184. The monoisotopic (exact) mass is 276 g/mol. The summed E-state index contributed by atoms with van der Waals surface area (Å²) < 4.78 is 5.56. The zero-order valence-corrected chi connectivity index (χ0v) is 12.0. The van der Waals surface area contributed by atoms with Gasteiger partial charge in [0, 0.05) is 26.2 Å². The fraction of sp³-hybridized carbons (Fsp3) is 0.467. The summed E-state index contributed by atoms with van der Waals surface area (Å²) in [6.45, 7) is 5.07. The molecule has 0 unspecified atom stereocenters. The van der Waals surface area contributed by atoms with Gasteiger partial charge in [-0.2, -0.15) is 0 Å². The smallest absolute Gasteiger partial charge is 0.260 e. The molecule has 0 bridgehead atoms. The number of hydrogen-bond donors (Lipinski definition) is 0. The van der Waals surface area contributed by atoms with Crippen molar-refractivity contribution in [1.29, 1.82) is 0 Å². The summed E-state index contributed by atoms with van der Waals surface area (Å²) in [5.41, 5.74) is 1.34. The second-order valence-corrected chi connectivity index (χ2v) is 5.08. The third kappa shape index (κ3) is 3.36. The molecule has 0 radical (unpaired) electrons. The molecule has 1 aliphatic rings. The molecule has 2 rings (SSSR count). The van der Waals surface area contributed by atoms with Crippen LogP contribution in [0, 0.1) is 6.92 Å². The number of carbonyl (C=O) groups excluding carboxylic acids is 2. The largest absolute Gasteiger partial charge is 0.483 e. The standard InChI is InChI=1S/C15H20N2O3/c1-12-4-3-5-13(10-18)15(12)20-11-14(19)17-8-6-16(2)7-9-17/h3-5,10H,6-9,11H2,1-2H3. The van der Waals surface area contributed by atoms with Gasteiger partial charge in [0.25, 0.3) is 5.91 Å². The lowest BCUT2D eigenvalue weighted by Gasteiger charge is -2.32. The highest BCUT2D eigenvalue weighted by Gasteiger charge is 2.19. The van der Waals surface area contributed by atoms with E-state index in [9.17, 15) is 9.59 Å². The molecule has 5 nitrogen and oxygen atoms in total. The number of aryl methyl sites for hydroxylation is 1. The number of ether oxygens (including phenoxy) is 1. The summed E-state index contributed by atoms with van der Waals surface area (Å²) >= 11 is 0. The van der Waals surface area contributed by atoms with Gasteiger partial charge < -0.3 is 14.5 Å². The van der Waals surface area contributed by atoms with Gasteiger partial charge >= 0.3 is 0 Å². The normalized spacial score (nSPS) is 16.0. The predicted octanol–water partition coefficient (Wildman–Crippen LogP) is 0.960. The lowest BCUT2D eigenvalue weighted by Crippen LogP contribution is -2.48. The van der Waals surface area contributed by atoms with E-state index in [1.165, 1.54) is 0 Å². The average molecular weight is 276 g/mol. The summed E-state index contributed by atoms with van der Waals surface area (Å²) in [5.74, 6) is 0.475. The highest BCUT2D eigenvalue weighted by molar-refractivity contribution is 5.81. The Balaban J connectivity index is 1.95. The predicted molar refractivity (Wildman–Crippen MR) is 76.1 cm³/mol. The van der Waals surface area contributed by atoms with Crippen LogP contribution in [0.5, 0.6) is 5.75 Å². The van der Waals surface area contributed by atoms with Crippen molar-refractivity contribution in [3.8, 4) is 5.75 Å². The molecule has 1 aromatic rings. The fourth-order valence-corrected chi connectivity index (χ4v) is 2.25. The zero-order valence-electron chi connectivity index (χ0n) is 12.0. The first-order valence-electron chi connectivity index (χ1n) is 6.75. The third-order valence-corrected chi connectivity index (χ3v) is 3.57. The molecule has 1 aromatic carbocycles. The number of piperazine rings is 1. The van der Waals surface area contributed by atoms with E-state index in [-0.39, 0.29) is 12.5 Å². The molecule has 1 heterocycles. The maximum atomic E-state index is 12.1. The van der Waals surface area contributed by atoms with Crippen LogP contribution in [0.1, 0.15) is 15.9 Å². The molecule has 0 atom stereocenters. The molecule has 0 aromatic heterocycles. The van der Waals surface area contributed by atoms with Gasteiger partial charge in [-0.15, -0.1) is 0 Å². The third-order valence-electron chi connectivity index (χ3n) is 3.57. The number of likely N-dealkylation sites (N-methyl/N-ethyl adjacent to an activating group) is 1. The second-order valence-electron chi connectivity index (χ2n) is 5.08. The summed E-state index contributed by atoms with van der Waals surface area (Å²) in [5, 5.41) is 0. The molecule has 1 fully saturated rings. The zero-order chi connectivity index (χ0) is 14.5. The lowest BCUT2D eigenvalue weighted by atomic mass is 10.1. The minimum Gasteiger partial charge on any atom is -0.483 e. The number of benzene rings is 1. The van der Waals surface area contributed by atoms with Crippen LogP contribution in [0.3, 0.4) is 0 Å². The highest BCUT2D eigenvalue weighted by Crippen LogP contribution is 2.21. The Labute approximate surface area is 119 Å². The van der Waals surface area contributed by atoms with Crippen LogP contribution in [0.15, 0.2) is 18.2 Å². The topological polar surface area (TPSA) is 49.9 Å². The first-order valence-corrected chi connectivity index (χ1v) is 6.75. The Kier molecular flexibility index (Phi) is 4.74. The van der Waals surface area contributed by atoms with E-state index in [4.69, 9.17) is 4.74 Å². The van der Waals surface area contributed by atoms with Gasteiger partial charge in [-0.3, -0.25) is 9.59 Å². The molecule has 0 N–H and O–H groups in total. The van der Waals surface area contributed by atoms with Crippen molar-refractivity contribution in [3.05, 3.63) is 29.3 Å². The molecule has 1 amide bonds. The molecular weight excluding hydrogens is 256 g/mol. The SMILES string of the molecule is Cc1cccc(C=O)c1OCC(=O)N1CCN(C)CC1. The highest BCUT2D eigenvalue weighted by atomic mass is 16.5. The van der Waals surface area contributed by atoms with Crippen LogP contribution >= 0.6 is 0 Å². The molecule has 108 valence electrons. The fourth-order valence-electron chi connectivity index (χ4n) is 2.25. The van der Waals surface area contributed by atoms with Gasteiger partial charge in [0.05, 0.1) is 5.56 Å². The van der Waals surface area contributed by atoms with Gasteiger partial charge in [0.15, 0.2) is 12.9 Å². The molecule has 5 heteroatoms. The molecule has 1 aliphatic heterocycles. The second kappa shape index (κ2) is 6.52. The van der Waals surface area contributed by atoms with Crippen LogP contribution in [0.2, 0.25) is 0 Å². The van der Waals surface area contributed by atoms with E-state index in [0.717, 1.165) is 38.0 Å². The van der Waals surface area contributed by atoms with Crippen molar-refractivity contribution >= 4 is 12.2 Å². The van der Waals surface area contributed by atoms with Crippen molar-refractivity contribution in [2.24, 2.45) is 0 Å². The summed E-state index contributed by atoms with van der Waals surface area (Å²) in [4.78, 5) is 27.1. The van der Waals surface area contributed by atoms with Gasteiger partial charge in [-0.1, -0.05) is 12.1 Å². The maximum Gasteiger partial charge on any atom is 0.260 e. The maximum absolute atomic E-state index is 12.1. The molecule has 1 saturated heterocycles. The molecule has 20 heavy (non-hydrogen) atoms. The number of nitrogens with zero attached hydrogens (tertiary/aromatic N) is 2. The van der Waals surface area contributed by atoms with E-state index < -0.39 is 0 Å². The van der Waals surface area contributed by atoms with Crippen LogP contribution in [0.4, 0.5) is 0 Å². The average Bonchev–Trinajstić information content (AvgIpc) is 2.46. The van der Waals surface area contributed by atoms with E-state index in [1.807, 2.05) is 20.0 Å². The van der Waals surface area contributed by atoms with E-state index in [2.05, 4.69) is 4.90 Å². The Morgan fingerprint density at radius 3 is 2.65 bits per heavy atom. The van der Waals surface area contributed by atoms with Crippen molar-refractivity contribution in [2.75, 3.05) is 39.8 Å². The van der Waals surface area contributed by atoms with Crippen molar-refractivity contribution in [3.63, 3.8) is 0 Å². The number of para-hydroxylation sites is 1. The van der Waals surface area contributed by atoms with Crippen molar-refractivity contribution in [2.45, 2.75) is 6.92 Å². The van der Waals surface area contributed by atoms with Gasteiger partial charge in [0.1, 0.15) is 5.75 Å². The quantitative estimate of drug-likeness (QED) is 0.769. The Bertz CT molecular complexity index is 494. The number of carbonyl (C=O) groups is 2. The van der Waals surface area contributed by atoms with Crippen molar-refractivity contribution in [1.82, 2.24) is 9.80 Å². The van der Waals surface area contributed by atoms with Crippen LogP contribution in [-0.4, -0.2) is 61.8 Å². The van der Waals surface area contributed by atoms with E-state index >= 15 is 0 Å². The first kappa shape index (κ1) is 14.5. The minimum atomic E-state index is -0.0294. The Morgan fingerprint density at radius 2 is 2.00 bits per heavy atom. The number of hydrogen-bond acceptors (Lipinski definition) is 4. The van der Waals surface area contributed by atoms with Crippen LogP contribution < -0.4 is 4.74 Å². The molecule has 0 aliphatic carbocycles. The lowest BCUT2D eigenvalue weighted by molar-refractivity contribution is -0.134. The molecule has 0 spiro atoms. The van der Waals surface area contributed by atoms with Gasteiger partial charge in [0.2, 0.25) is 0 Å². The number of rotatable bonds is 4. The van der Waals surface area contributed by atoms with Crippen LogP contribution in [0.25, 0.3) is 0 Å². The Hall–Kier alpha value is -1.88. The Morgan fingerprint density at radius 1 is 1.30 bits per heavy atom.